The summed E-state index contributed by atoms with van der Waals surface area (Å²) in [6.45, 7) is 3.52. The standard InChI is InChI=1S/C15H31N3O4S/c1-22-15-6-11-18(12-7-15)23(20,21)16-8-4-10-17-9-3-2-5-14(17)13-19/h14-16,19H,2-13H2,1H3. The van der Waals surface area contributed by atoms with Gasteiger partial charge in [0.15, 0.2) is 0 Å². The summed E-state index contributed by atoms with van der Waals surface area (Å²) in [5.74, 6) is 0. The molecule has 2 aliphatic heterocycles. The molecule has 0 radical (unpaired) electrons. The quantitative estimate of drug-likeness (QED) is 0.611. The third kappa shape index (κ3) is 5.65. The minimum Gasteiger partial charge on any atom is -0.395 e. The molecule has 0 spiro atoms. The van der Waals surface area contributed by atoms with Crippen molar-refractivity contribution in [1.29, 1.82) is 0 Å². The molecular formula is C15H31N3O4S. The van der Waals surface area contributed by atoms with Crippen molar-refractivity contribution in [2.24, 2.45) is 0 Å². The summed E-state index contributed by atoms with van der Waals surface area (Å²) in [7, 11) is -1.70. The van der Waals surface area contributed by atoms with Gasteiger partial charge in [-0.2, -0.15) is 12.7 Å². The smallest absolute Gasteiger partial charge is 0.279 e. The van der Waals surface area contributed by atoms with Gasteiger partial charge in [0.25, 0.3) is 10.2 Å². The number of aliphatic hydroxyl groups is 1. The third-order valence-corrected chi connectivity index (χ3v) is 6.55. The van der Waals surface area contributed by atoms with Crippen molar-refractivity contribution in [1.82, 2.24) is 13.9 Å². The van der Waals surface area contributed by atoms with Crippen LogP contribution in [0.1, 0.15) is 38.5 Å². The molecule has 0 aliphatic carbocycles. The van der Waals surface area contributed by atoms with Crippen LogP contribution < -0.4 is 4.72 Å². The number of ether oxygens (including phenoxy) is 1. The Balaban J connectivity index is 1.68. The minimum absolute atomic E-state index is 0.177. The average Bonchev–Trinajstić information content (AvgIpc) is 2.59. The Morgan fingerprint density at radius 3 is 2.57 bits per heavy atom. The predicted molar refractivity (Wildman–Crippen MR) is 89.4 cm³/mol. The van der Waals surface area contributed by atoms with Crippen LogP contribution in [0, 0.1) is 0 Å². The summed E-state index contributed by atoms with van der Waals surface area (Å²) in [4.78, 5) is 2.28. The van der Waals surface area contributed by atoms with Crippen LogP contribution in [0.2, 0.25) is 0 Å². The summed E-state index contributed by atoms with van der Waals surface area (Å²) in [5.41, 5.74) is 0. The second kappa shape index (κ2) is 9.29. The number of methoxy groups -OCH3 is 1. The van der Waals surface area contributed by atoms with Crippen molar-refractivity contribution in [2.75, 3.05) is 46.4 Å². The predicted octanol–water partition coefficient (Wildman–Crippen LogP) is 0.169. The number of likely N-dealkylation sites (tertiary alicyclic amines) is 1. The number of rotatable bonds is 8. The number of piperidine rings is 2. The number of aliphatic hydroxyl groups excluding tert-OH is 1. The molecule has 0 bridgehead atoms. The van der Waals surface area contributed by atoms with Crippen molar-refractivity contribution in [3.8, 4) is 0 Å². The highest BCUT2D eigenvalue weighted by Crippen LogP contribution is 2.17. The summed E-state index contributed by atoms with van der Waals surface area (Å²) >= 11 is 0. The zero-order valence-corrected chi connectivity index (χ0v) is 14.9. The number of nitrogens with one attached hydrogen (secondary N) is 1. The second-order valence-corrected chi connectivity index (χ2v) is 8.21. The fraction of sp³-hybridized carbons (Fsp3) is 1.00. The van der Waals surface area contributed by atoms with E-state index in [1.807, 2.05) is 0 Å². The Bertz CT molecular complexity index is 438. The van der Waals surface area contributed by atoms with Crippen LogP contribution in [0.4, 0.5) is 0 Å². The van der Waals surface area contributed by atoms with E-state index in [0.717, 1.165) is 45.2 Å². The summed E-state index contributed by atoms with van der Waals surface area (Å²) in [5, 5.41) is 9.39. The van der Waals surface area contributed by atoms with Crippen molar-refractivity contribution in [3.63, 3.8) is 0 Å². The molecule has 1 atom stereocenters. The van der Waals surface area contributed by atoms with Crippen LogP contribution in [-0.2, 0) is 14.9 Å². The maximum absolute atomic E-state index is 12.3. The molecule has 2 N–H and O–H groups in total. The van der Waals surface area contributed by atoms with Crippen LogP contribution in [0.25, 0.3) is 0 Å². The van der Waals surface area contributed by atoms with Crippen LogP contribution in [0.15, 0.2) is 0 Å². The molecule has 8 heteroatoms. The van der Waals surface area contributed by atoms with Crippen LogP contribution >= 0.6 is 0 Å². The number of nitrogens with zero attached hydrogens (tertiary/aromatic N) is 2. The molecule has 2 saturated heterocycles. The van der Waals surface area contributed by atoms with Gasteiger partial charge in [0.1, 0.15) is 0 Å². The lowest BCUT2D eigenvalue weighted by atomic mass is 10.0. The molecule has 2 heterocycles. The summed E-state index contributed by atoms with van der Waals surface area (Å²) < 4.78 is 34.0. The minimum atomic E-state index is -3.38. The average molecular weight is 349 g/mol. The van der Waals surface area contributed by atoms with Crippen molar-refractivity contribution in [3.05, 3.63) is 0 Å². The van der Waals surface area contributed by atoms with Gasteiger partial charge in [0.05, 0.1) is 12.7 Å². The molecule has 23 heavy (non-hydrogen) atoms. The van der Waals surface area contributed by atoms with E-state index >= 15 is 0 Å². The van der Waals surface area contributed by atoms with Gasteiger partial charge < -0.3 is 9.84 Å². The Hall–Kier alpha value is -0.250. The van der Waals surface area contributed by atoms with Crippen molar-refractivity contribution >= 4 is 10.2 Å². The van der Waals surface area contributed by atoms with E-state index in [1.165, 1.54) is 10.7 Å². The van der Waals surface area contributed by atoms with E-state index < -0.39 is 10.2 Å². The zero-order chi connectivity index (χ0) is 16.7. The lowest BCUT2D eigenvalue weighted by molar-refractivity contribution is 0.0601. The molecule has 1 unspecified atom stereocenters. The lowest BCUT2D eigenvalue weighted by Crippen LogP contribution is -2.47. The van der Waals surface area contributed by atoms with E-state index in [0.29, 0.717) is 19.6 Å². The molecule has 7 nitrogen and oxygen atoms in total. The SMILES string of the molecule is COC1CCN(S(=O)(=O)NCCCN2CCCCC2CO)CC1. The van der Waals surface area contributed by atoms with Crippen LogP contribution in [0.3, 0.4) is 0 Å². The monoisotopic (exact) mass is 349 g/mol. The van der Waals surface area contributed by atoms with Crippen LogP contribution in [-0.4, -0.2) is 81.3 Å². The normalized spacial score (nSPS) is 25.7. The first-order valence-corrected chi connectivity index (χ1v) is 10.1. The fourth-order valence-electron chi connectivity index (χ4n) is 3.44. The summed E-state index contributed by atoms with van der Waals surface area (Å²) in [6.07, 6.45) is 5.83. The molecule has 2 fully saturated rings. The van der Waals surface area contributed by atoms with Crippen LogP contribution in [0.5, 0.6) is 0 Å². The molecule has 0 aromatic heterocycles. The van der Waals surface area contributed by atoms with Gasteiger partial charge in [-0.25, -0.2) is 4.72 Å². The highest BCUT2D eigenvalue weighted by atomic mass is 32.2. The van der Waals surface area contributed by atoms with Gasteiger partial charge >= 0.3 is 0 Å². The Morgan fingerprint density at radius 2 is 1.91 bits per heavy atom. The topological polar surface area (TPSA) is 82.1 Å². The van der Waals surface area contributed by atoms with Gasteiger partial charge in [-0.1, -0.05) is 6.42 Å². The number of hydrogen-bond donors (Lipinski definition) is 2. The molecule has 2 rings (SSSR count). The molecule has 0 saturated carbocycles. The van der Waals surface area contributed by atoms with Crippen molar-refractivity contribution < 1.29 is 18.3 Å². The Kier molecular flexibility index (Phi) is 7.71. The zero-order valence-electron chi connectivity index (χ0n) is 14.1. The van der Waals surface area contributed by atoms with E-state index in [2.05, 4.69) is 9.62 Å². The maximum atomic E-state index is 12.3. The largest absolute Gasteiger partial charge is 0.395 e. The van der Waals surface area contributed by atoms with E-state index in [9.17, 15) is 13.5 Å². The Morgan fingerprint density at radius 1 is 1.17 bits per heavy atom. The van der Waals surface area contributed by atoms with Gasteiger partial charge in [0, 0.05) is 32.8 Å². The van der Waals surface area contributed by atoms with E-state index in [4.69, 9.17) is 4.74 Å². The van der Waals surface area contributed by atoms with E-state index in [1.54, 1.807) is 7.11 Å². The first kappa shape index (κ1) is 19.1. The van der Waals surface area contributed by atoms with Gasteiger partial charge in [-0.15, -0.1) is 0 Å². The molecule has 2 aliphatic rings. The Labute approximate surface area is 140 Å². The molecule has 0 amide bonds. The number of hydrogen-bond acceptors (Lipinski definition) is 5. The maximum Gasteiger partial charge on any atom is 0.279 e. The van der Waals surface area contributed by atoms with Gasteiger partial charge in [0.2, 0.25) is 0 Å². The van der Waals surface area contributed by atoms with Gasteiger partial charge in [-0.05, 0) is 45.2 Å². The molecular weight excluding hydrogens is 318 g/mol. The molecule has 0 aromatic rings. The fourth-order valence-corrected chi connectivity index (χ4v) is 4.72. The summed E-state index contributed by atoms with van der Waals surface area (Å²) in [6, 6.07) is 0.244. The first-order valence-electron chi connectivity index (χ1n) is 8.69. The highest BCUT2D eigenvalue weighted by Gasteiger charge is 2.27. The third-order valence-electron chi connectivity index (χ3n) is 4.94. The molecule has 0 aromatic carbocycles. The van der Waals surface area contributed by atoms with Gasteiger partial charge in [-0.3, -0.25) is 4.90 Å². The van der Waals surface area contributed by atoms with Crippen molar-refractivity contribution in [2.45, 2.75) is 50.7 Å². The molecule has 136 valence electrons. The van der Waals surface area contributed by atoms with E-state index in [-0.39, 0.29) is 18.8 Å². The lowest BCUT2D eigenvalue weighted by Gasteiger charge is -2.34. The first-order chi connectivity index (χ1) is 11.1. The highest BCUT2D eigenvalue weighted by molar-refractivity contribution is 7.87. The second-order valence-electron chi connectivity index (χ2n) is 6.46.